The van der Waals surface area contributed by atoms with Gasteiger partial charge < -0.3 is 15.0 Å². The van der Waals surface area contributed by atoms with E-state index in [0.29, 0.717) is 12.1 Å². The predicted molar refractivity (Wildman–Crippen MR) is 106 cm³/mol. The molecule has 1 aliphatic rings. The summed E-state index contributed by atoms with van der Waals surface area (Å²) in [5.41, 5.74) is -0.210. The summed E-state index contributed by atoms with van der Waals surface area (Å²) in [7, 11) is 0. The summed E-state index contributed by atoms with van der Waals surface area (Å²) in [4.78, 5) is 37.7. The Morgan fingerprint density at radius 2 is 2.00 bits per heavy atom. The predicted octanol–water partition coefficient (Wildman–Crippen LogP) is 3.75. The van der Waals surface area contributed by atoms with E-state index in [1.54, 1.807) is 32.9 Å². The van der Waals surface area contributed by atoms with Crippen molar-refractivity contribution in [2.45, 2.75) is 71.6 Å². The summed E-state index contributed by atoms with van der Waals surface area (Å²) in [5, 5.41) is 14.6. The van der Waals surface area contributed by atoms with Gasteiger partial charge in [-0.2, -0.15) is 0 Å². The largest absolute Gasteiger partial charge is 0.459 e. The standard InChI is InChI=1S/C20H29N3O5/c1-6-13(2)22(12-18(24)28-20(3,4)5)19(25)14-7-10-16(21-15-8-9-15)17(11-14)23(26)27/h7,10-11,13,15,21H,6,8-9,12H2,1-5H3. The van der Waals surface area contributed by atoms with Crippen LogP contribution in [-0.2, 0) is 9.53 Å². The molecule has 1 aliphatic carbocycles. The molecular weight excluding hydrogens is 362 g/mol. The summed E-state index contributed by atoms with van der Waals surface area (Å²) < 4.78 is 5.33. The number of amides is 1. The van der Waals surface area contributed by atoms with Crippen molar-refractivity contribution in [2.75, 3.05) is 11.9 Å². The maximum absolute atomic E-state index is 13.0. The van der Waals surface area contributed by atoms with Crippen LogP contribution in [0.4, 0.5) is 11.4 Å². The average molecular weight is 391 g/mol. The second kappa shape index (κ2) is 8.58. The summed E-state index contributed by atoms with van der Waals surface area (Å²) in [5.74, 6) is -0.941. The number of hydrogen-bond acceptors (Lipinski definition) is 6. The number of esters is 1. The van der Waals surface area contributed by atoms with Gasteiger partial charge in [0.05, 0.1) is 4.92 Å². The number of hydrogen-bond donors (Lipinski definition) is 1. The van der Waals surface area contributed by atoms with Crippen LogP contribution in [0.15, 0.2) is 18.2 Å². The second-order valence-corrected chi connectivity index (χ2v) is 8.18. The first-order valence-corrected chi connectivity index (χ1v) is 9.59. The maximum Gasteiger partial charge on any atom is 0.326 e. The molecule has 1 fully saturated rings. The van der Waals surface area contributed by atoms with Crippen LogP contribution in [0.5, 0.6) is 0 Å². The van der Waals surface area contributed by atoms with Crippen molar-refractivity contribution >= 4 is 23.3 Å². The minimum atomic E-state index is -0.657. The number of nitrogens with one attached hydrogen (secondary N) is 1. The Labute approximate surface area is 165 Å². The van der Waals surface area contributed by atoms with Crippen LogP contribution in [0.25, 0.3) is 0 Å². The Balaban J connectivity index is 2.26. The van der Waals surface area contributed by atoms with Crippen LogP contribution in [0.3, 0.4) is 0 Å². The molecule has 8 nitrogen and oxygen atoms in total. The molecule has 154 valence electrons. The number of rotatable bonds is 8. The first kappa shape index (κ1) is 21.7. The molecule has 0 saturated heterocycles. The smallest absolute Gasteiger partial charge is 0.326 e. The van der Waals surface area contributed by atoms with Crippen molar-refractivity contribution in [3.05, 3.63) is 33.9 Å². The van der Waals surface area contributed by atoms with E-state index in [0.717, 1.165) is 12.8 Å². The van der Waals surface area contributed by atoms with Gasteiger partial charge in [0.15, 0.2) is 0 Å². The van der Waals surface area contributed by atoms with Gasteiger partial charge in [-0.1, -0.05) is 6.92 Å². The zero-order valence-electron chi connectivity index (χ0n) is 17.2. The Morgan fingerprint density at radius 3 is 2.50 bits per heavy atom. The lowest BCUT2D eigenvalue weighted by atomic mass is 10.1. The molecular formula is C20H29N3O5. The number of ether oxygens (including phenoxy) is 1. The number of carbonyl (C=O) groups excluding carboxylic acids is 2. The molecule has 0 bridgehead atoms. The number of benzene rings is 1. The minimum Gasteiger partial charge on any atom is -0.459 e. The molecule has 1 amide bonds. The number of nitro benzene ring substituents is 1. The lowest BCUT2D eigenvalue weighted by Gasteiger charge is -2.29. The highest BCUT2D eigenvalue weighted by Gasteiger charge is 2.29. The molecule has 1 atom stereocenters. The molecule has 0 aliphatic heterocycles. The van der Waals surface area contributed by atoms with Gasteiger partial charge in [0, 0.05) is 23.7 Å². The van der Waals surface area contributed by atoms with Crippen LogP contribution in [0.1, 0.15) is 64.2 Å². The third-order valence-electron chi connectivity index (χ3n) is 4.48. The van der Waals surface area contributed by atoms with E-state index in [1.807, 2.05) is 13.8 Å². The third-order valence-corrected chi connectivity index (χ3v) is 4.48. The van der Waals surface area contributed by atoms with Crippen molar-refractivity contribution in [3.63, 3.8) is 0 Å². The molecule has 1 unspecified atom stereocenters. The minimum absolute atomic E-state index is 0.140. The van der Waals surface area contributed by atoms with Gasteiger partial charge in [0.25, 0.3) is 11.6 Å². The zero-order chi connectivity index (χ0) is 21.1. The summed E-state index contributed by atoms with van der Waals surface area (Å²) >= 11 is 0. The van der Waals surface area contributed by atoms with Crippen LogP contribution < -0.4 is 5.32 Å². The van der Waals surface area contributed by atoms with Gasteiger partial charge in [0.1, 0.15) is 17.8 Å². The molecule has 1 aromatic rings. The SMILES string of the molecule is CCC(C)N(CC(=O)OC(C)(C)C)C(=O)c1ccc(NC2CC2)c([N+](=O)[O-])c1. The van der Waals surface area contributed by atoms with Crippen molar-refractivity contribution in [2.24, 2.45) is 0 Å². The first-order chi connectivity index (χ1) is 13.0. The Kier molecular flexibility index (Phi) is 6.64. The maximum atomic E-state index is 13.0. The van der Waals surface area contributed by atoms with E-state index in [9.17, 15) is 19.7 Å². The van der Waals surface area contributed by atoms with Gasteiger partial charge in [-0.05, 0) is 59.1 Å². The Morgan fingerprint density at radius 1 is 1.36 bits per heavy atom. The number of carbonyl (C=O) groups is 2. The highest BCUT2D eigenvalue weighted by Crippen LogP contribution is 2.32. The fourth-order valence-electron chi connectivity index (χ4n) is 2.71. The van der Waals surface area contributed by atoms with Gasteiger partial charge in [0.2, 0.25) is 0 Å². The van der Waals surface area contributed by atoms with E-state index in [4.69, 9.17) is 4.74 Å². The van der Waals surface area contributed by atoms with E-state index in [-0.39, 0.29) is 29.9 Å². The lowest BCUT2D eigenvalue weighted by molar-refractivity contribution is -0.384. The number of nitro groups is 1. The molecule has 0 heterocycles. The van der Waals surface area contributed by atoms with Crippen LogP contribution in [0, 0.1) is 10.1 Å². The first-order valence-electron chi connectivity index (χ1n) is 9.59. The van der Waals surface area contributed by atoms with E-state index < -0.39 is 22.4 Å². The highest BCUT2D eigenvalue weighted by molar-refractivity contribution is 5.97. The average Bonchev–Trinajstić information content (AvgIpc) is 3.41. The fourth-order valence-corrected chi connectivity index (χ4v) is 2.71. The topological polar surface area (TPSA) is 102 Å². The zero-order valence-corrected chi connectivity index (χ0v) is 17.2. The van der Waals surface area contributed by atoms with Crippen molar-refractivity contribution in [1.29, 1.82) is 0 Å². The van der Waals surface area contributed by atoms with Crippen LogP contribution in [0.2, 0.25) is 0 Å². The van der Waals surface area contributed by atoms with Crippen molar-refractivity contribution < 1.29 is 19.2 Å². The van der Waals surface area contributed by atoms with Crippen molar-refractivity contribution in [1.82, 2.24) is 4.90 Å². The van der Waals surface area contributed by atoms with E-state index in [1.165, 1.54) is 11.0 Å². The normalized spacial score (nSPS) is 14.9. The summed E-state index contributed by atoms with van der Waals surface area (Å²) in [6.07, 6.45) is 2.60. The van der Waals surface area contributed by atoms with Gasteiger partial charge in [-0.15, -0.1) is 0 Å². The van der Waals surface area contributed by atoms with Crippen LogP contribution >= 0.6 is 0 Å². The molecule has 0 spiro atoms. The highest BCUT2D eigenvalue weighted by atomic mass is 16.6. The molecule has 0 radical (unpaired) electrons. The lowest BCUT2D eigenvalue weighted by Crippen LogP contribution is -2.43. The number of anilines is 1. The van der Waals surface area contributed by atoms with Gasteiger partial charge in [-0.3, -0.25) is 19.7 Å². The summed E-state index contributed by atoms with van der Waals surface area (Å²) in [6, 6.07) is 4.43. The number of nitrogens with zero attached hydrogens (tertiary/aromatic N) is 2. The molecule has 1 saturated carbocycles. The Bertz CT molecular complexity index is 753. The molecule has 0 aromatic heterocycles. The molecule has 1 aromatic carbocycles. The van der Waals surface area contributed by atoms with E-state index in [2.05, 4.69) is 5.32 Å². The quantitative estimate of drug-likeness (QED) is 0.411. The molecule has 8 heteroatoms. The van der Waals surface area contributed by atoms with Crippen LogP contribution in [-0.4, -0.2) is 45.9 Å². The van der Waals surface area contributed by atoms with E-state index >= 15 is 0 Å². The molecule has 28 heavy (non-hydrogen) atoms. The second-order valence-electron chi connectivity index (χ2n) is 8.18. The fraction of sp³-hybridized carbons (Fsp3) is 0.600. The Hall–Kier alpha value is -2.64. The summed E-state index contributed by atoms with van der Waals surface area (Å²) in [6.45, 7) is 8.81. The molecule has 1 N–H and O–H groups in total. The van der Waals surface area contributed by atoms with Gasteiger partial charge in [-0.25, -0.2) is 0 Å². The van der Waals surface area contributed by atoms with Crippen molar-refractivity contribution in [3.8, 4) is 0 Å². The van der Waals surface area contributed by atoms with Gasteiger partial charge >= 0.3 is 5.97 Å². The third kappa shape index (κ3) is 5.94. The molecule has 2 rings (SSSR count). The monoisotopic (exact) mass is 391 g/mol.